The van der Waals surface area contributed by atoms with Crippen LogP contribution in [-0.2, 0) is 21.2 Å². The molecular weight excluding hydrogens is 264 g/mol. The van der Waals surface area contributed by atoms with Gasteiger partial charge in [0.15, 0.2) is 5.90 Å². The number of amidine groups is 1. The van der Waals surface area contributed by atoms with Crippen molar-refractivity contribution in [2.45, 2.75) is 20.5 Å². The van der Waals surface area contributed by atoms with Crippen molar-refractivity contribution in [3.63, 3.8) is 0 Å². The second-order valence-electron chi connectivity index (χ2n) is 3.93. The average molecular weight is 282 g/mol. The summed E-state index contributed by atoms with van der Waals surface area (Å²) >= 11 is 0. The van der Waals surface area contributed by atoms with Crippen LogP contribution in [0.25, 0.3) is 0 Å². The molecule has 0 aromatic heterocycles. The van der Waals surface area contributed by atoms with Gasteiger partial charge in [-0.15, -0.1) is 0 Å². The first-order chi connectivity index (χ1) is 8.93. The topological polar surface area (TPSA) is 68.1 Å². The van der Waals surface area contributed by atoms with Crippen LogP contribution in [0.3, 0.4) is 0 Å². The molecule has 0 saturated heterocycles. The monoisotopic (exact) mass is 282 g/mol. The molecule has 6 heteroatoms. The minimum absolute atomic E-state index is 0.194. The molecule has 0 aliphatic carbocycles. The van der Waals surface area contributed by atoms with Gasteiger partial charge in [-0.2, -0.15) is 4.99 Å². The van der Waals surface area contributed by atoms with E-state index in [2.05, 4.69) is 9.98 Å². The van der Waals surface area contributed by atoms with Crippen molar-refractivity contribution >= 4 is 20.9 Å². The molecule has 19 heavy (non-hydrogen) atoms. The van der Waals surface area contributed by atoms with Crippen LogP contribution in [0, 0.1) is 0 Å². The van der Waals surface area contributed by atoms with E-state index in [0.717, 1.165) is 11.8 Å². The molecule has 0 bridgehead atoms. The molecule has 0 heterocycles. The van der Waals surface area contributed by atoms with E-state index in [1.54, 1.807) is 13.8 Å². The molecule has 1 aromatic carbocycles. The van der Waals surface area contributed by atoms with Gasteiger partial charge in [0.05, 0.1) is 0 Å². The molecule has 0 atom stereocenters. The quantitative estimate of drug-likeness (QED) is 0.629. The molecule has 0 spiro atoms. The summed E-state index contributed by atoms with van der Waals surface area (Å²) in [6.45, 7) is 4.07. The first kappa shape index (κ1) is 15.4. The molecule has 1 aromatic rings. The Bertz CT molecular complexity index is 563. The second kappa shape index (κ2) is 7.04. The van der Waals surface area contributed by atoms with E-state index >= 15 is 0 Å². The zero-order chi connectivity index (χ0) is 14.3. The van der Waals surface area contributed by atoms with Crippen LogP contribution in [-0.4, -0.2) is 32.3 Å². The fourth-order valence-electron chi connectivity index (χ4n) is 1.30. The highest BCUT2D eigenvalue weighted by Crippen LogP contribution is 2.02. The summed E-state index contributed by atoms with van der Waals surface area (Å²) in [5.74, 6) is 0.279. The smallest absolute Gasteiger partial charge is 0.245 e. The van der Waals surface area contributed by atoms with Gasteiger partial charge in [0.1, 0.15) is 6.61 Å². The first-order valence-electron chi connectivity index (χ1n) is 5.90. The summed E-state index contributed by atoms with van der Waals surface area (Å²) in [6, 6.07) is 9.58. The third-order valence-electron chi connectivity index (χ3n) is 2.17. The summed E-state index contributed by atoms with van der Waals surface area (Å²) in [5.41, 5.74) is 0.991. The Kier molecular flexibility index (Phi) is 5.69. The summed E-state index contributed by atoms with van der Waals surface area (Å²) in [6.07, 6.45) is 1.08. The fourth-order valence-corrected chi connectivity index (χ4v) is 1.96. The van der Waals surface area contributed by atoms with Crippen molar-refractivity contribution in [1.82, 2.24) is 0 Å². The third kappa shape index (κ3) is 5.65. The lowest BCUT2D eigenvalue weighted by Gasteiger charge is -2.06. The van der Waals surface area contributed by atoms with E-state index in [1.165, 1.54) is 0 Å². The van der Waals surface area contributed by atoms with Crippen molar-refractivity contribution in [2.24, 2.45) is 9.98 Å². The van der Waals surface area contributed by atoms with Crippen LogP contribution in [0.4, 0.5) is 0 Å². The van der Waals surface area contributed by atoms with E-state index in [1.807, 2.05) is 30.3 Å². The molecule has 5 nitrogen and oxygen atoms in total. The maximum Gasteiger partial charge on any atom is 0.245 e. The average Bonchev–Trinajstić information content (AvgIpc) is 2.36. The lowest BCUT2D eigenvalue weighted by Crippen LogP contribution is -2.14. The van der Waals surface area contributed by atoms with Crippen molar-refractivity contribution in [1.29, 1.82) is 0 Å². The summed E-state index contributed by atoms with van der Waals surface area (Å²) in [5, 5.41) is -0.194. The van der Waals surface area contributed by atoms with Gasteiger partial charge in [-0.1, -0.05) is 30.3 Å². The zero-order valence-electron chi connectivity index (χ0n) is 11.3. The predicted octanol–water partition coefficient (Wildman–Crippen LogP) is 2.04. The van der Waals surface area contributed by atoms with Gasteiger partial charge in [-0.3, -0.25) is 4.99 Å². The number of rotatable bonds is 3. The van der Waals surface area contributed by atoms with Crippen LogP contribution in [0.1, 0.15) is 19.4 Å². The van der Waals surface area contributed by atoms with Crippen molar-refractivity contribution in [3.8, 4) is 0 Å². The van der Waals surface area contributed by atoms with E-state index in [9.17, 15) is 8.42 Å². The molecule has 0 amide bonds. The number of benzene rings is 1. The number of hydrogen-bond acceptors (Lipinski definition) is 4. The lowest BCUT2D eigenvalue weighted by atomic mass is 10.2. The van der Waals surface area contributed by atoms with Gasteiger partial charge >= 0.3 is 0 Å². The van der Waals surface area contributed by atoms with Gasteiger partial charge in [0, 0.05) is 19.7 Å². The largest absolute Gasteiger partial charge is 0.476 e. The van der Waals surface area contributed by atoms with Crippen molar-refractivity contribution in [3.05, 3.63) is 35.9 Å². The van der Waals surface area contributed by atoms with Gasteiger partial charge in [-0.25, -0.2) is 8.42 Å². The Labute approximate surface area is 114 Å². The molecule has 0 fully saturated rings. The highest BCUT2D eigenvalue weighted by molar-refractivity contribution is 8.05. The Hall–Kier alpha value is -1.69. The summed E-state index contributed by atoms with van der Waals surface area (Å²) in [7, 11) is -3.42. The lowest BCUT2D eigenvalue weighted by molar-refractivity contribution is 0.290. The summed E-state index contributed by atoms with van der Waals surface area (Å²) < 4.78 is 28.3. The second-order valence-corrected chi connectivity index (χ2v) is 5.84. The van der Waals surface area contributed by atoms with Gasteiger partial charge in [0.25, 0.3) is 0 Å². The highest BCUT2D eigenvalue weighted by Gasteiger charge is 2.12. The molecule has 0 unspecified atom stereocenters. The molecule has 0 aliphatic rings. The number of ether oxygens (including phenoxy) is 1. The normalized spacial score (nSPS) is 13.4. The minimum Gasteiger partial charge on any atom is -0.476 e. The minimum atomic E-state index is -3.42. The third-order valence-corrected chi connectivity index (χ3v) is 3.05. The number of sulfone groups is 1. The molecule has 0 radical (unpaired) electrons. The van der Waals surface area contributed by atoms with Crippen LogP contribution < -0.4 is 0 Å². The Balaban J connectivity index is 2.73. The van der Waals surface area contributed by atoms with E-state index in [-0.39, 0.29) is 11.1 Å². The zero-order valence-corrected chi connectivity index (χ0v) is 12.1. The molecule has 0 saturated carbocycles. The number of aliphatic imine (C=N–C) groups is 2. The predicted molar refractivity (Wildman–Crippen MR) is 77.2 cm³/mol. The molecule has 104 valence electrons. The van der Waals surface area contributed by atoms with E-state index in [4.69, 9.17) is 4.74 Å². The van der Waals surface area contributed by atoms with E-state index in [0.29, 0.717) is 13.2 Å². The van der Waals surface area contributed by atoms with Crippen LogP contribution in [0.15, 0.2) is 40.3 Å². The standard InChI is InChI=1S/C13H18N2O3S/c1-4-14-13(19(3,16)17)15-11(2)18-10-12-8-6-5-7-9-12/h5-9H,4,10H2,1-3H3. The molecule has 1 rings (SSSR count). The number of hydrogen-bond donors (Lipinski definition) is 0. The Morgan fingerprint density at radius 1 is 1.26 bits per heavy atom. The SMILES string of the molecule is CCN=C(N=C(C)OCc1ccccc1)S(C)(=O)=O. The molecular formula is C13H18N2O3S. The van der Waals surface area contributed by atoms with Crippen molar-refractivity contribution < 1.29 is 13.2 Å². The Morgan fingerprint density at radius 2 is 1.89 bits per heavy atom. The first-order valence-corrected chi connectivity index (χ1v) is 7.79. The van der Waals surface area contributed by atoms with Crippen molar-refractivity contribution in [2.75, 3.05) is 12.8 Å². The van der Waals surface area contributed by atoms with Gasteiger partial charge in [-0.05, 0) is 12.5 Å². The van der Waals surface area contributed by atoms with Gasteiger partial charge < -0.3 is 4.74 Å². The van der Waals surface area contributed by atoms with E-state index < -0.39 is 9.84 Å². The van der Waals surface area contributed by atoms with Crippen LogP contribution in [0.5, 0.6) is 0 Å². The fraction of sp³-hybridized carbons (Fsp3) is 0.385. The van der Waals surface area contributed by atoms with Gasteiger partial charge in [0.2, 0.25) is 15.0 Å². The Morgan fingerprint density at radius 3 is 2.42 bits per heavy atom. The molecule has 0 N–H and O–H groups in total. The maximum absolute atomic E-state index is 11.4. The molecule has 0 aliphatic heterocycles. The number of nitrogens with zero attached hydrogens (tertiary/aromatic N) is 2. The van der Waals surface area contributed by atoms with Crippen LogP contribution in [0.2, 0.25) is 0 Å². The van der Waals surface area contributed by atoms with Crippen LogP contribution >= 0.6 is 0 Å². The maximum atomic E-state index is 11.4. The highest BCUT2D eigenvalue weighted by atomic mass is 32.2. The summed E-state index contributed by atoms with van der Waals surface area (Å²) in [4.78, 5) is 7.76.